The summed E-state index contributed by atoms with van der Waals surface area (Å²) >= 11 is 0. The van der Waals surface area contributed by atoms with Gasteiger partial charge in [0.05, 0.1) is 11.0 Å². The predicted octanol–water partition coefficient (Wildman–Crippen LogP) is 2.66. The lowest BCUT2D eigenvalue weighted by Gasteiger charge is -2.17. The molecule has 0 amide bonds. The van der Waals surface area contributed by atoms with E-state index in [2.05, 4.69) is 0 Å². The minimum absolute atomic E-state index is 0.0794. The van der Waals surface area contributed by atoms with E-state index in [0.29, 0.717) is 0 Å². The van der Waals surface area contributed by atoms with E-state index in [0.717, 1.165) is 5.56 Å². The van der Waals surface area contributed by atoms with Gasteiger partial charge in [-0.25, -0.2) is 0 Å². The van der Waals surface area contributed by atoms with Crippen molar-refractivity contribution in [2.24, 2.45) is 0 Å². The normalized spacial score (nSPS) is 14.4. The van der Waals surface area contributed by atoms with E-state index >= 15 is 0 Å². The Morgan fingerprint density at radius 2 is 1.81 bits per heavy atom. The number of nitrogens with zero attached hydrogens (tertiary/aromatic N) is 1. The fourth-order valence-electron chi connectivity index (χ4n) is 1.29. The second-order valence-electron chi connectivity index (χ2n) is 3.43. The van der Waals surface area contributed by atoms with E-state index in [9.17, 15) is 10.1 Å². The van der Waals surface area contributed by atoms with E-state index in [1.54, 1.807) is 26.2 Å². The Morgan fingerprint density at radius 3 is 2.25 bits per heavy atom. The monoisotopic (exact) mass is 225 g/mol. The molecule has 16 heavy (non-hydrogen) atoms. The second-order valence-corrected chi connectivity index (χ2v) is 3.43. The number of rotatable bonds is 5. The van der Waals surface area contributed by atoms with Gasteiger partial charge in [0.15, 0.2) is 6.29 Å². The first-order chi connectivity index (χ1) is 7.54. The Bertz CT molecular complexity index is 350. The van der Waals surface area contributed by atoms with Crippen LogP contribution in [0.3, 0.4) is 0 Å². The third-order valence-corrected chi connectivity index (χ3v) is 2.30. The Balaban J connectivity index is 2.70. The molecular weight excluding hydrogens is 210 g/mol. The van der Waals surface area contributed by atoms with Gasteiger partial charge >= 0.3 is 0 Å². The molecule has 5 nitrogen and oxygen atoms in total. The van der Waals surface area contributed by atoms with Crippen LogP contribution in [0, 0.1) is 10.1 Å². The van der Waals surface area contributed by atoms with Gasteiger partial charge in [-0.05, 0) is 31.5 Å². The zero-order valence-electron chi connectivity index (χ0n) is 9.54. The molecule has 0 aliphatic heterocycles. The number of non-ortho nitro benzene ring substituents is 1. The number of nitro benzene ring substituents is 1. The molecule has 0 saturated carbocycles. The first-order valence-electron chi connectivity index (χ1n) is 4.97. The third-order valence-electron chi connectivity index (χ3n) is 2.30. The number of hydrogen-bond acceptors (Lipinski definition) is 4. The topological polar surface area (TPSA) is 61.6 Å². The molecule has 0 N–H and O–H groups in total. The van der Waals surface area contributed by atoms with E-state index in [4.69, 9.17) is 9.47 Å². The van der Waals surface area contributed by atoms with Crippen molar-refractivity contribution in [2.75, 3.05) is 7.11 Å². The van der Waals surface area contributed by atoms with Crippen LogP contribution in [0.15, 0.2) is 24.3 Å². The summed E-state index contributed by atoms with van der Waals surface area (Å²) in [4.78, 5) is 10.0. The quantitative estimate of drug-likeness (QED) is 0.439. The molecule has 1 aromatic rings. The molecule has 0 aromatic heterocycles. The molecule has 0 saturated heterocycles. The van der Waals surface area contributed by atoms with Crippen molar-refractivity contribution >= 4 is 5.69 Å². The summed E-state index contributed by atoms with van der Waals surface area (Å²) in [5, 5.41) is 10.5. The van der Waals surface area contributed by atoms with Gasteiger partial charge < -0.3 is 9.47 Å². The Morgan fingerprint density at radius 1 is 1.25 bits per heavy atom. The van der Waals surface area contributed by atoms with Crippen LogP contribution in [0.1, 0.15) is 25.5 Å². The largest absolute Gasteiger partial charge is 0.356 e. The van der Waals surface area contributed by atoms with Crippen molar-refractivity contribution < 1.29 is 14.4 Å². The highest BCUT2D eigenvalue weighted by atomic mass is 16.7. The SMILES string of the molecule is COC(C)OC(C)c1ccc([N+](=O)[O-])cc1. The standard InChI is InChI=1S/C11H15NO4/c1-8(16-9(2)15-3)10-4-6-11(7-5-10)12(13)14/h4-9H,1-3H3. The van der Waals surface area contributed by atoms with Crippen LogP contribution in [0.2, 0.25) is 0 Å². The zero-order valence-corrected chi connectivity index (χ0v) is 9.54. The van der Waals surface area contributed by atoms with E-state index < -0.39 is 4.92 Å². The molecule has 2 atom stereocenters. The van der Waals surface area contributed by atoms with Gasteiger partial charge in [-0.2, -0.15) is 0 Å². The molecule has 0 fully saturated rings. The van der Waals surface area contributed by atoms with Crippen molar-refractivity contribution in [2.45, 2.75) is 26.2 Å². The number of benzene rings is 1. The predicted molar refractivity (Wildman–Crippen MR) is 59.1 cm³/mol. The third kappa shape index (κ3) is 3.29. The van der Waals surface area contributed by atoms with Crippen LogP contribution in [0.5, 0.6) is 0 Å². The van der Waals surface area contributed by atoms with Gasteiger partial charge in [0, 0.05) is 19.2 Å². The minimum atomic E-state index is -0.424. The van der Waals surface area contributed by atoms with Crippen LogP contribution in [-0.4, -0.2) is 18.3 Å². The van der Waals surface area contributed by atoms with Gasteiger partial charge in [-0.1, -0.05) is 0 Å². The summed E-state index contributed by atoms with van der Waals surface area (Å²) in [6.07, 6.45) is -0.457. The molecular formula is C11H15NO4. The molecule has 1 rings (SSSR count). The first-order valence-corrected chi connectivity index (χ1v) is 4.97. The van der Waals surface area contributed by atoms with Crippen molar-refractivity contribution in [3.8, 4) is 0 Å². The average molecular weight is 225 g/mol. The van der Waals surface area contributed by atoms with Crippen LogP contribution in [0.4, 0.5) is 5.69 Å². The summed E-state index contributed by atoms with van der Waals surface area (Å²) in [5.74, 6) is 0. The Hall–Kier alpha value is -1.46. The fourth-order valence-corrected chi connectivity index (χ4v) is 1.29. The number of methoxy groups -OCH3 is 1. The van der Waals surface area contributed by atoms with Crippen LogP contribution in [0.25, 0.3) is 0 Å². The molecule has 88 valence electrons. The van der Waals surface area contributed by atoms with Gasteiger partial charge in [0.1, 0.15) is 0 Å². The first kappa shape index (κ1) is 12.6. The molecule has 0 heterocycles. The second kappa shape index (κ2) is 5.58. The smallest absolute Gasteiger partial charge is 0.269 e. The highest BCUT2D eigenvalue weighted by Gasteiger charge is 2.11. The minimum Gasteiger partial charge on any atom is -0.356 e. The maximum atomic E-state index is 10.5. The lowest BCUT2D eigenvalue weighted by atomic mass is 10.1. The molecule has 0 aliphatic carbocycles. The summed E-state index contributed by atoms with van der Waals surface area (Å²) < 4.78 is 10.5. The van der Waals surface area contributed by atoms with Crippen molar-refractivity contribution in [1.29, 1.82) is 0 Å². The molecule has 0 aliphatic rings. The fraction of sp³-hybridized carbons (Fsp3) is 0.455. The summed E-state index contributed by atoms with van der Waals surface area (Å²) in [6.45, 7) is 3.67. The van der Waals surface area contributed by atoms with Crippen LogP contribution in [-0.2, 0) is 9.47 Å². The van der Waals surface area contributed by atoms with Gasteiger partial charge in [0.2, 0.25) is 0 Å². The zero-order chi connectivity index (χ0) is 12.1. The number of hydrogen-bond donors (Lipinski definition) is 0. The van der Waals surface area contributed by atoms with Crippen molar-refractivity contribution in [3.05, 3.63) is 39.9 Å². The summed E-state index contributed by atoms with van der Waals surface area (Å²) in [6, 6.07) is 6.30. The highest BCUT2D eigenvalue weighted by Crippen LogP contribution is 2.21. The van der Waals surface area contributed by atoms with Crippen LogP contribution < -0.4 is 0 Å². The van der Waals surface area contributed by atoms with E-state index in [1.165, 1.54) is 12.1 Å². The molecule has 2 unspecified atom stereocenters. The van der Waals surface area contributed by atoms with Gasteiger partial charge in [-0.3, -0.25) is 10.1 Å². The van der Waals surface area contributed by atoms with Crippen LogP contribution >= 0.6 is 0 Å². The van der Waals surface area contributed by atoms with E-state index in [-0.39, 0.29) is 18.1 Å². The number of nitro groups is 1. The molecule has 0 radical (unpaired) electrons. The molecule has 0 spiro atoms. The lowest BCUT2D eigenvalue weighted by molar-refractivity contribution is -0.384. The molecule has 0 bridgehead atoms. The van der Waals surface area contributed by atoms with Crippen molar-refractivity contribution in [3.63, 3.8) is 0 Å². The van der Waals surface area contributed by atoms with Crippen molar-refractivity contribution in [1.82, 2.24) is 0 Å². The Labute approximate surface area is 94.1 Å². The van der Waals surface area contributed by atoms with E-state index in [1.807, 2.05) is 6.92 Å². The molecule has 5 heteroatoms. The summed E-state index contributed by atoms with van der Waals surface area (Å²) in [7, 11) is 1.56. The van der Waals surface area contributed by atoms with Gasteiger partial charge in [0.25, 0.3) is 5.69 Å². The Kier molecular flexibility index (Phi) is 4.39. The molecule has 1 aromatic carbocycles. The highest BCUT2D eigenvalue weighted by molar-refractivity contribution is 5.33. The maximum Gasteiger partial charge on any atom is 0.269 e. The summed E-state index contributed by atoms with van der Waals surface area (Å²) in [5.41, 5.74) is 0.963. The van der Waals surface area contributed by atoms with Gasteiger partial charge in [-0.15, -0.1) is 0 Å². The number of ether oxygens (including phenoxy) is 2. The lowest BCUT2D eigenvalue weighted by Crippen LogP contribution is -2.13. The maximum absolute atomic E-state index is 10.5. The average Bonchev–Trinajstić information content (AvgIpc) is 2.28.